The maximum atomic E-state index is 5.65. The van der Waals surface area contributed by atoms with Gasteiger partial charge in [0.2, 0.25) is 11.8 Å². The number of rotatable bonds is 9. The van der Waals surface area contributed by atoms with E-state index in [2.05, 4.69) is 22.2 Å². The number of aromatic nitrogens is 2. The summed E-state index contributed by atoms with van der Waals surface area (Å²) in [5.41, 5.74) is 6.56. The third-order valence-electron chi connectivity index (χ3n) is 3.01. The molecule has 0 bridgehead atoms. The van der Waals surface area contributed by atoms with E-state index in [4.69, 9.17) is 10.5 Å². The van der Waals surface area contributed by atoms with Crippen molar-refractivity contribution in [2.24, 2.45) is 11.7 Å². The highest BCUT2D eigenvalue weighted by Crippen LogP contribution is 2.15. The van der Waals surface area contributed by atoms with Crippen LogP contribution >= 0.6 is 0 Å². The normalized spacial score (nSPS) is 12.5. The molecule has 0 radical (unpaired) electrons. The predicted molar refractivity (Wildman–Crippen MR) is 83.1 cm³/mol. The van der Waals surface area contributed by atoms with Crippen LogP contribution in [-0.4, -0.2) is 29.2 Å². The zero-order chi connectivity index (χ0) is 15.0. The number of ether oxygens (including phenoxy) is 1. The van der Waals surface area contributed by atoms with Crippen LogP contribution in [0.1, 0.15) is 45.7 Å². The zero-order valence-corrected chi connectivity index (χ0v) is 13.1. The molecule has 0 spiro atoms. The van der Waals surface area contributed by atoms with E-state index < -0.39 is 0 Å². The maximum Gasteiger partial charge on any atom is 0.226 e. The van der Waals surface area contributed by atoms with E-state index >= 15 is 0 Å². The number of anilines is 1. The van der Waals surface area contributed by atoms with Crippen LogP contribution in [0, 0.1) is 12.8 Å². The molecule has 0 fully saturated rings. The van der Waals surface area contributed by atoms with Crippen molar-refractivity contribution in [3.05, 3.63) is 11.8 Å². The van der Waals surface area contributed by atoms with E-state index in [0.717, 1.165) is 25.2 Å². The second-order valence-corrected chi connectivity index (χ2v) is 5.45. The Morgan fingerprint density at radius 2 is 2.05 bits per heavy atom. The van der Waals surface area contributed by atoms with Crippen LogP contribution in [0.15, 0.2) is 6.07 Å². The molecule has 5 nitrogen and oxygen atoms in total. The van der Waals surface area contributed by atoms with Crippen LogP contribution in [-0.2, 0) is 0 Å². The van der Waals surface area contributed by atoms with Crippen molar-refractivity contribution in [1.29, 1.82) is 0 Å². The Balaban J connectivity index is 2.63. The van der Waals surface area contributed by atoms with E-state index in [9.17, 15) is 0 Å². The van der Waals surface area contributed by atoms with Crippen molar-refractivity contribution < 1.29 is 4.74 Å². The highest BCUT2D eigenvalue weighted by molar-refractivity contribution is 5.30. The number of hydrogen-bond acceptors (Lipinski definition) is 5. The first kappa shape index (κ1) is 16.7. The van der Waals surface area contributed by atoms with Crippen LogP contribution < -0.4 is 15.8 Å². The highest BCUT2D eigenvalue weighted by Gasteiger charge is 2.09. The summed E-state index contributed by atoms with van der Waals surface area (Å²) in [5, 5.41) is 3.31. The van der Waals surface area contributed by atoms with Crippen LogP contribution in [0.3, 0.4) is 0 Å². The van der Waals surface area contributed by atoms with Crippen LogP contribution in [0.2, 0.25) is 0 Å². The Labute approximate surface area is 122 Å². The Bertz CT molecular complexity index is 389. The van der Waals surface area contributed by atoms with Gasteiger partial charge in [0.25, 0.3) is 0 Å². The number of nitrogens with two attached hydrogens (primary N) is 1. The fourth-order valence-electron chi connectivity index (χ4n) is 2.15. The molecule has 114 valence electrons. The standard InChI is InChI=1S/C15H28N4O/c1-5-6-13(7-8-16)10-17-15-18-12(4)9-14(19-15)20-11(2)3/h9,11,13H,5-8,10,16H2,1-4H3,(H,17,18,19). The quantitative estimate of drug-likeness (QED) is 0.727. The topological polar surface area (TPSA) is 73.1 Å². The smallest absolute Gasteiger partial charge is 0.226 e. The molecule has 0 saturated heterocycles. The summed E-state index contributed by atoms with van der Waals surface area (Å²) in [6, 6.07) is 1.86. The third kappa shape index (κ3) is 6.19. The molecule has 1 aromatic heterocycles. The molecule has 0 aliphatic carbocycles. The molecule has 1 aromatic rings. The van der Waals surface area contributed by atoms with Crippen LogP contribution in [0.25, 0.3) is 0 Å². The molecule has 5 heteroatoms. The lowest BCUT2D eigenvalue weighted by Crippen LogP contribution is -2.19. The van der Waals surface area contributed by atoms with Crippen molar-refractivity contribution in [3.8, 4) is 5.88 Å². The summed E-state index contributed by atoms with van der Waals surface area (Å²) in [6.07, 6.45) is 3.48. The fourth-order valence-corrected chi connectivity index (χ4v) is 2.15. The second kappa shape index (κ2) is 8.74. The Kier molecular flexibility index (Phi) is 7.30. The highest BCUT2D eigenvalue weighted by atomic mass is 16.5. The van der Waals surface area contributed by atoms with Gasteiger partial charge in [-0.05, 0) is 46.1 Å². The molecule has 1 heterocycles. The molecule has 3 N–H and O–H groups in total. The van der Waals surface area contributed by atoms with E-state index in [-0.39, 0.29) is 6.10 Å². The minimum atomic E-state index is 0.113. The molecule has 0 aliphatic heterocycles. The van der Waals surface area contributed by atoms with Gasteiger partial charge in [0.15, 0.2) is 0 Å². The van der Waals surface area contributed by atoms with Crippen molar-refractivity contribution in [2.45, 2.75) is 53.1 Å². The molecule has 1 atom stereocenters. The zero-order valence-electron chi connectivity index (χ0n) is 13.1. The van der Waals surface area contributed by atoms with E-state index in [1.165, 1.54) is 12.8 Å². The van der Waals surface area contributed by atoms with Gasteiger partial charge < -0.3 is 15.8 Å². The fraction of sp³-hybridized carbons (Fsp3) is 0.733. The molecule has 0 aromatic carbocycles. The van der Waals surface area contributed by atoms with Crippen molar-refractivity contribution in [3.63, 3.8) is 0 Å². The third-order valence-corrected chi connectivity index (χ3v) is 3.01. The molecular formula is C15H28N4O. The molecule has 1 rings (SSSR count). The first-order chi connectivity index (χ1) is 9.55. The predicted octanol–water partition coefficient (Wildman–Crippen LogP) is 2.75. The van der Waals surface area contributed by atoms with Crippen LogP contribution in [0.4, 0.5) is 5.95 Å². The lowest BCUT2D eigenvalue weighted by Gasteiger charge is -2.16. The largest absolute Gasteiger partial charge is 0.475 e. The van der Waals surface area contributed by atoms with Gasteiger partial charge in [-0.15, -0.1) is 0 Å². The Morgan fingerprint density at radius 3 is 2.65 bits per heavy atom. The van der Waals surface area contributed by atoms with E-state index in [0.29, 0.717) is 17.7 Å². The van der Waals surface area contributed by atoms with Gasteiger partial charge >= 0.3 is 0 Å². The molecule has 0 aliphatic rings. The monoisotopic (exact) mass is 280 g/mol. The Hall–Kier alpha value is -1.36. The SMILES string of the molecule is CCCC(CCN)CNc1nc(C)cc(OC(C)C)n1. The minimum absolute atomic E-state index is 0.113. The average Bonchev–Trinajstić information content (AvgIpc) is 2.35. The number of nitrogens with zero attached hydrogens (tertiary/aromatic N) is 2. The summed E-state index contributed by atoms with van der Waals surface area (Å²) < 4.78 is 5.63. The average molecular weight is 280 g/mol. The van der Waals surface area contributed by atoms with Gasteiger partial charge in [0.1, 0.15) is 0 Å². The number of aryl methyl sites for hydroxylation is 1. The summed E-state index contributed by atoms with van der Waals surface area (Å²) in [4.78, 5) is 8.79. The molecular weight excluding hydrogens is 252 g/mol. The Morgan fingerprint density at radius 1 is 1.30 bits per heavy atom. The van der Waals surface area contributed by atoms with Gasteiger partial charge in [-0.3, -0.25) is 0 Å². The van der Waals surface area contributed by atoms with E-state index in [1.54, 1.807) is 0 Å². The summed E-state index contributed by atoms with van der Waals surface area (Å²) >= 11 is 0. The molecule has 0 amide bonds. The van der Waals surface area contributed by atoms with Crippen molar-refractivity contribution in [2.75, 3.05) is 18.4 Å². The lowest BCUT2D eigenvalue weighted by atomic mass is 10.00. The van der Waals surface area contributed by atoms with Crippen molar-refractivity contribution in [1.82, 2.24) is 9.97 Å². The lowest BCUT2D eigenvalue weighted by molar-refractivity contribution is 0.232. The summed E-state index contributed by atoms with van der Waals surface area (Å²) in [5.74, 6) is 1.84. The molecule has 20 heavy (non-hydrogen) atoms. The van der Waals surface area contributed by atoms with Crippen molar-refractivity contribution >= 4 is 5.95 Å². The van der Waals surface area contributed by atoms with Gasteiger partial charge in [-0.25, -0.2) is 4.98 Å². The van der Waals surface area contributed by atoms with Gasteiger partial charge in [0.05, 0.1) is 6.10 Å². The second-order valence-electron chi connectivity index (χ2n) is 5.45. The molecule has 0 saturated carbocycles. The maximum absolute atomic E-state index is 5.65. The van der Waals surface area contributed by atoms with Gasteiger partial charge in [-0.2, -0.15) is 4.98 Å². The minimum Gasteiger partial charge on any atom is -0.475 e. The molecule has 1 unspecified atom stereocenters. The first-order valence-electron chi connectivity index (χ1n) is 7.51. The van der Waals surface area contributed by atoms with E-state index in [1.807, 2.05) is 26.8 Å². The summed E-state index contributed by atoms with van der Waals surface area (Å²) in [6.45, 7) is 9.70. The summed E-state index contributed by atoms with van der Waals surface area (Å²) in [7, 11) is 0. The van der Waals surface area contributed by atoms with Gasteiger partial charge in [-0.1, -0.05) is 13.3 Å². The number of nitrogens with one attached hydrogen (secondary N) is 1. The number of hydrogen-bond donors (Lipinski definition) is 2. The van der Waals surface area contributed by atoms with Gasteiger partial charge in [0, 0.05) is 18.3 Å². The van der Waals surface area contributed by atoms with Crippen LogP contribution in [0.5, 0.6) is 5.88 Å². The first-order valence-corrected chi connectivity index (χ1v) is 7.51.